The molecule has 22 nitrogen and oxygen atoms in total. The fourth-order valence-electron chi connectivity index (χ4n) is 16.3. The van der Waals surface area contributed by atoms with Gasteiger partial charge < -0.3 is 104 Å². The van der Waals surface area contributed by atoms with E-state index in [1.807, 2.05) is 0 Å². The van der Waals surface area contributed by atoms with Crippen molar-refractivity contribution in [2.24, 2.45) is 52.3 Å². The van der Waals surface area contributed by atoms with Crippen LogP contribution in [0.3, 0.4) is 0 Å². The Bertz CT molecular complexity index is 1870. The largest absolute Gasteiger partial charge is 0.394 e. The summed E-state index contributed by atoms with van der Waals surface area (Å²) >= 11 is 0. The Hall–Kier alpha value is -0.880. The lowest BCUT2D eigenvalue weighted by molar-refractivity contribution is -0.402. The van der Waals surface area contributed by atoms with Crippen molar-refractivity contribution in [1.82, 2.24) is 5.32 Å². The van der Waals surface area contributed by atoms with E-state index in [9.17, 15) is 61.3 Å². The number of hydrogen-bond acceptors (Lipinski definition) is 22. The molecular formula is C51H85NO21. The summed E-state index contributed by atoms with van der Waals surface area (Å²) in [4.78, 5) is 0. The third-order valence-corrected chi connectivity index (χ3v) is 20.6. The Kier molecular flexibility index (Phi) is 16.2. The van der Waals surface area contributed by atoms with Crippen molar-refractivity contribution in [2.75, 3.05) is 26.4 Å². The van der Waals surface area contributed by atoms with E-state index in [1.54, 1.807) is 0 Å². The normalized spacial score (nSPS) is 58.2. The van der Waals surface area contributed by atoms with Crippen LogP contribution in [0.15, 0.2) is 0 Å². The van der Waals surface area contributed by atoms with Crippen molar-refractivity contribution in [3.63, 3.8) is 0 Å². The van der Waals surface area contributed by atoms with Gasteiger partial charge in [0.15, 0.2) is 25.2 Å². The van der Waals surface area contributed by atoms with E-state index >= 15 is 0 Å². The van der Waals surface area contributed by atoms with E-state index in [0.29, 0.717) is 54.3 Å². The van der Waals surface area contributed by atoms with E-state index in [-0.39, 0.29) is 22.7 Å². The number of aliphatic hydroxyl groups is 12. The van der Waals surface area contributed by atoms with Gasteiger partial charge in [-0.3, -0.25) is 5.32 Å². The van der Waals surface area contributed by atoms with Gasteiger partial charge in [-0.05, 0) is 117 Å². The molecule has 10 aliphatic rings. The Labute approximate surface area is 426 Å². The molecule has 6 aliphatic heterocycles. The van der Waals surface area contributed by atoms with Crippen molar-refractivity contribution in [2.45, 2.75) is 240 Å². The first-order valence-corrected chi connectivity index (χ1v) is 27.3. The van der Waals surface area contributed by atoms with Crippen molar-refractivity contribution in [3.8, 4) is 0 Å². The lowest BCUT2D eigenvalue weighted by atomic mass is 9.44. The number of piperidine rings is 1. The molecule has 10 rings (SSSR count). The molecule has 22 heteroatoms. The summed E-state index contributed by atoms with van der Waals surface area (Å²) in [6.07, 6.45) is -23.5. The first-order valence-electron chi connectivity index (χ1n) is 27.3. The maximum absolute atomic E-state index is 12.4. The van der Waals surface area contributed by atoms with Crippen LogP contribution in [0, 0.1) is 52.3 Å². The van der Waals surface area contributed by atoms with Gasteiger partial charge in [-0.15, -0.1) is 0 Å². The van der Waals surface area contributed by atoms with Gasteiger partial charge in [0.1, 0.15) is 97.3 Å². The van der Waals surface area contributed by atoms with Crippen LogP contribution in [-0.2, 0) is 42.6 Å². The number of hydrogen-bond donors (Lipinski definition) is 13. The van der Waals surface area contributed by atoms with E-state index in [0.717, 1.165) is 45.1 Å². The third kappa shape index (κ3) is 9.50. The second kappa shape index (κ2) is 21.3. The van der Waals surface area contributed by atoms with Crippen molar-refractivity contribution >= 4 is 0 Å². The summed E-state index contributed by atoms with van der Waals surface area (Å²) in [5, 5.41) is 133. The zero-order valence-corrected chi connectivity index (χ0v) is 42.7. The van der Waals surface area contributed by atoms with Crippen LogP contribution in [0.1, 0.15) is 98.8 Å². The maximum Gasteiger partial charge on any atom is 0.187 e. The highest BCUT2D eigenvalue weighted by atomic mass is 16.8. The Morgan fingerprint density at radius 1 is 0.507 bits per heavy atom. The summed E-state index contributed by atoms with van der Waals surface area (Å²) in [6, 6.07) is 0. The number of aliphatic hydroxyl groups excluding tert-OH is 12. The molecule has 0 unspecified atom stereocenters. The number of nitrogens with one attached hydrogen (secondary N) is 1. The maximum atomic E-state index is 12.4. The van der Waals surface area contributed by atoms with Gasteiger partial charge in [0.2, 0.25) is 0 Å². The average molecular weight is 1050 g/mol. The molecule has 4 saturated carbocycles. The number of fused-ring (bicyclic) bond motifs is 7. The molecule has 0 aromatic heterocycles. The summed E-state index contributed by atoms with van der Waals surface area (Å²) < 4.78 is 55.9. The van der Waals surface area contributed by atoms with Crippen molar-refractivity contribution in [1.29, 1.82) is 0 Å². The summed E-state index contributed by atoms with van der Waals surface area (Å²) in [5.74, 6) is 3.67. The highest BCUT2D eigenvalue weighted by Crippen LogP contribution is 2.71. The minimum atomic E-state index is -1.95. The van der Waals surface area contributed by atoms with Gasteiger partial charge >= 0.3 is 0 Å². The molecule has 0 bridgehead atoms. The summed E-state index contributed by atoms with van der Waals surface area (Å²) in [7, 11) is 0. The van der Waals surface area contributed by atoms with Crippen LogP contribution in [0.5, 0.6) is 0 Å². The zero-order valence-electron chi connectivity index (χ0n) is 42.7. The molecule has 10 fully saturated rings. The summed E-state index contributed by atoms with van der Waals surface area (Å²) in [5.41, 5.74) is 0.0533. The number of rotatable bonds is 11. The van der Waals surface area contributed by atoms with Gasteiger partial charge in [0.05, 0.1) is 38.1 Å². The van der Waals surface area contributed by atoms with E-state index in [4.69, 9.17) is 42.6 Å². The second-order valence-corrected chi connectivity index (χ2v) is 24.5. The minimum absolute atomic E-state index is 0.0535. The fourth-order valence-corrected chi connectivity index (χ4v) is 16.3. The standard InChI is InChI=1S/C51H85NO21/c1-20-8-13-51(52-16-20)21(2)32-28(73-51)15-27-25-7-6-23-14-24(9-11-49(23,4)26(25)10-12-50(27,32)5)66-47-44(72-45-39(62)36(59)33(56)22(3)65-45)41(64)42(31(19-55)69-47)70-48-43(38(61)35(58)30(18-54)68-48)71-46-40(63)37(60)34(57)29(17-53)67-46/h20-48,52-64H,6-19H2,1-5H3/t20-,21+,22+,23+,24+,25-,26+,27+,28+,29-,30-,31-,32+,33+,34-,35-,36-,37+,38+,39-,40-,41+,42+,43-,44-,45+,46+,47-,48+,49+,50+,51-/m1/s1. The Balaban J connectivity index is 0.859. The molecule has 0 aromatic rings. The van der Waals surface area contributed by atoms with Crippen molar-refractivity contribution < 1.29 is 104 Å². The van der Waals surface area contributed by atoms with Crippen LogP contribution >= 0.6 is 0 Å². The van der Waals surface area contributed by atoms with Gasteiger partial charge in [-0.2, -0.15) is 0 Å². The predicted octanol–water partition coefficient (Wildman–Crippen LogP) is -2.31. The SMILES string of the molecule is C[C@@H]1CC[C@@]2(NC1)O[C@H]1C[C@H]3[C@@H]4CC[C@H]5C[C@@H](O[C@@H]6O[C@H](CO)[C@H](O[C@@H]7O[C@H](CO)[C@@H](O)[C@H](O)[C@H]7O[C@@H]7O[C@H](CO)[C@@H](O)[C@H](O)[C@H]7O)[C@H](O)[C@H]6O[C@@H]6O[C@@H](C)[C@H](O)[C@@H](O)[C@H]6O)CC[C@]5(C)[C@H]4CC[C@]3(C)[C@H]1[C@@H]2C. The molecule has 1 spiro atoms. The molecule has 6 saturated heterocycles. The van der Waals surface area contributed by atoms with Crippen LogP contribution < -0.4 is 5.32 Å². The molecule has 4 aliphatic carbocycles. The molecule has 13 N–H and O–H groups in total. The van der Waals surface area contributed by atoms with E-state index < -0.39 is 149 Å². The molecule has 0 radical (unpaired) electrons. The fraction of sp³-hybridized carbons (Fsp3) is 1.00. The quantitative estimate of drug-likeness (QED) is 0.0967. The van der Waals surface area contributed by atoms with E-state index in [2.05, 4.69) is 33.0 Å². The molecule has 0 aromatic carbocycles. The van der Waals surface area contributed by atoms with Crippen LogP contribution in [0.25, 0.3) is 0 Å². The Morgan fingerprint density at radius 3 is 1.74 bits per heavy atom. The molecule has 420 valence electrons. The molecule has 6 heterocycles. The number of ether oxygens (including phenoxy) is 9. The second-order valence-electron chi connectivity index (χ2n) is 24.5. The first kappa shape index (κ1) is 55.4. The van der Waals surface area contributed by atoms with E-state index in [1.165, 1.54) is 19.8 Å². The van der Waals surface area contributed by atoms with Gasteiger partial charge in [0, 0.05) is 12.5 Å². The topological polar surface area (TPSA) is 338 Å². The van der Waals surface area contributed by atoms with Crippen LogP contribution in [0.2, 0.25) is 0 Å². The molecule has 0 amide bonds. The van der Waals surface area contributed by atoms with Gasteiger partial charge in [-0.25, -0.2) is 0 Å². The molecular weight excluding hydrogens is 963 g/mol. The zero-order chi connectivity index (χ0) is 52.2. The predicted molar refractivity (Wildman–Crippen MR) is 249 cm³/mol. The van der Waals surface area contributed by atoms with Crippen LogP contribution in [0.4, 0.5) is 0 Å². The highest BCUT2D eigenvalue weighted by Gasteiger charge is 2.69. The highest BCUT2D eigenvalue weighted by molar-refractivity contribution is 5.16. The lowest BCUT2D eigenvalue weighted by Crippen LogP contribution is -2.68. The smallest absolute Gasteiger partial charge is 0.187 e. The Morgan fingerprint density at radius 2 is 1.08 bits per heavy atom. The lowest BCUT2D eigenvalue weighted by Gasteiger charge is -2.61. The van der Waals surface area contributed by atoms with Gasteiger partial charge in [-0.1, -0.05) is 27.7 Å². The van der Waals surface area contributed by atoms with Crippen molar-refractivity contribution in [3.05, 3.63) is 0 Å². The first-order chi connectivity index (χ1) is 34.7. The monoisotopic (exact) mass is 1050 g/mol. The average Bonchev–Trinajstić information content (AvgIpc) is 3.82. The third-order valence-electron chi connectivity index (χ3n) is 20.6. The molecule has 73 heavy (non-hydrogen) atoms. The van der Waals surface area contributed by atoms with Gasteiger partial charge in [0.25, 0.3) is 0 Å². The summed E-state index contributed by atoms with van der Waals surface area (Å²) in [6.45, 7) is 9.82. The molecule has 32 atom stereocenters. The van der Waals surface area contributed by atoms with Crippen LogP contribution in [-0.4, -0.2) is 228 Å². The minimum Gasteiger partial charge on any atom is -0.394 e.